The van der Waals surface area contributed by atoms with E-state index in [1.54, 1.807) is 36.4 Å². The van der Waals surface area contributed by atoms with Crippen LogP contribution in [0.3, 0.4) is 0 Å². The predicted octanol–water partition coefficient (Wildman–Crippen LogP) is 4.70. The zero-order valence-corrected chi connectivity index (χ0v) is 19.3. The number of nitrogens with one attached hydrogen (secondary N) is 1. The number of nitriles is 1. The van der Waals surface area contributed by atoms with Gasteiger partial charge in [-0.25, -0.2) is 12.8 Å². The van der Waals surface area contributed by atoms with E-state index in [4.69, 9.17) is 9.78 Å². The van der Waals surface area contributed by atoms with Gasteiger partial charge in [-0.15, -0.1) is 0 Å². The van der Waals surface area contributed by atoms with Crippen molar-refractivity contribution in [3.8, 4) is 6.07 Å². The second kappa shape index (κ2) is 10.0. The number of aryl methyl sites for hydroxylation is 1. The smallest absolute Gasteiger partial charge is 0.261 e. The van der Waals surface area contributed by atoms with E-state index in [2.05, 4.69) is 14.8 Å². The number of nitrogens with zero attached hydrogens (tertiary/aromatic N) is 3. The number of rotatable bonds is 9. The lowest BCUT2D eigenvalue weighted by atomic mass is 10.1. The van der Waals surface area contributed by atoms with Gasteiger partial charge in [-0.2, -0.15) is 5.26 Å². The molecule has 174 valence electrons. The topological polar surface area (TPSA) is 99.2 Å². The fraction of sp³-hybridized carbons (Fsp3) is 0.200. The van der Waals surface area contributed by atoms with E-state index in [0.717, 1.165) is 29.6 Å². The van der Waals surface area contributed by atoms with Crippen molar-refractivity contribution in [2.75, 3.05) is 18.3 Å². The summed E-state index contributed by atoms with van der Waals surface area (Å²) in [5.41, 5.74) is 2.94. The molecule has 34 heavy (non-hydrogen) atoms. The van der Waals surface area contributed by atoms with Crippen LogP contribution in [0.4, 0.5) is 10.1 Å². The summed E-state index contributed by atoms with van der Waals surface area (Å²) in [7, 11) is -1.82. The second-order valence-corrected chi connectivity index (χ2v) is 9.74. The molecule has 0 radical (unpaired) electrons. The number of hydrogen-bond donors (Lipinski definition) is 1. The molecule has 0 aliphatic heterocycles. The maximum absolute atomic E-state index is 13.3. The van der Waals surface area contributed by atoms with Gasteiger partial charge in [0.2, 0.25) is 0 Å². The molecule has 0 bridgehead atoms. The summed E-state index contributed by atoms with van der Waals surface area (Å²) in [5, 5.41) is 13.9. The van der Waals surface area contributed by atoms with E-state index in [1.165, 1.54) is 24.3 Å². The first-order chi connectivity index (χ1) is 16.3. The van der Waals surface area contributed by atoms with Crippen LogP contribution in [0.2, 0.25) is 0 Å². The van der Waals surface area contributed by atoms with E-state index in [9.17, 15) is 12.8 Å². The number of benzene rings is 3. The van der Waals surface area contributed by atoms with Gasteiger partial charge >= 0.3 is 0 Å². The van der Waals surface area contributed by atoms with Crippen LogP contribution < -0.4 is 4.72 Å². The molecule has 7 nitrogen and oxygen atoms in total. The third-order valence-electron chi connectivity index (χ3n) is 5.37. The maximum atomic E-state index is 13.3. The van der Waals surface area contributed by atoms with Crippen molar-refractivity contribution in [3.05, 3.63) is 89.4 Å². The van der Waals surface area contributed by atoms with Crippen molar-refractivity contribution >= 4 is 26.7 Å². The van der Waals surface area contributed by atoms with Crippen molar-refractivity contribution in [3.63, 3.8) is 0 Å². The molecule has 0 fully saturated rings. The lowest BCUT2D eigenvalue weighted by molar-refractivity contribution is 0.320. The van der Waals surface area contributed by atoms with E-state index in [-0.39, 0.29) is 16.3 Å². The maximum Gasteiger partial charge on any atom is 0.261 e. The molecular formula is C25H23FN4O3S. The summed E-state index contributed by atoms with van der Waals surface area (Å²) in [5.74, 6) is -0.352. The van der Waals surface area contributed by atoms with Crippen LogP contribution in [-0.2, 0) is 23.0 Å². The summed E-state index contributed by atoms with van der Waals surface area (Å²) >= 11 is 0. The molecule has 1 aromatic heterocycles. The zero-order valence-electron chi connectivity index (χ0n) is 18.5. The van der Waals surface area contributed by atoms with Crippen molar-refractivity contribution in [1.82, 2.24) is 10.1 Å². The molecule has 9 heteroatoms. The number of sulfonamides is 1. The summed E-state index contributed by atoms with van der Waals surface area (Å²) < 4.78 is 46.5. The van der Waals surface area contributed by atoms with Crippen LogP contribution in [0.25, 0.3) is 11.0 Å². The summed E-state index contributed by atoms with van der Waals surface area (Å²) in [6.45, 7) is 1.41. The normalized spacial score (nSPS) is 11.6. The molecule has 0 amide bonds. The Kier molecular flexibility index (Phi) is 6.91. The average molecular weight is 479 g/mol. The van der Waals surface area contributed by atoms with Crippen LogP contribution in [0.15, 0.2) is 76.1 Å². The molecule has 0 spiro atoms. The van der Waals surface area contributed by atoms with Gasteiger partial charge in [0.05, 0.1) is 22.2 Å². The Labute approximate surface area is 197 Å². The molecular weight excluding hydrogens is 455 g/mol. The lowest BCUT2D eigenvalue weighted by Gasteiger charge is -2.17. The van der Waals surface area contributed by atoms with Crippen LogP contribution in [0.5, 0.6) is 0 Å². The summed E-state index contributed by atoms with van der Waals surface area (Å²) in [6.07, 6.45) is 1.53. The van der Waals surface area contributed by atoms with Gasteiger partial charge in [0, 0.05) is 23.7 Å². The van der Waals surface area contributed by atoms with Gasteiger partial charge in [-0.3, -0.25) is 4.72 Å². The highest BCUT2D eigenvalue weighted by Gasteiger charge is 2.15. The van der Waals surface area contributed by atoms with Crippen molar-refractivity contribution < 1.29 is 17.3 Å². The standard InChI is InChI=1S/C25H23FN4O3S/c1-30(12-4-9-24-23-11-10-20(26)15-25(23)33-28-24)17-19-6-2-7-21(13-19)29-34(31,32)22-8-3-5-18(14-22)16-27/h2-3,5-8,10-11,13-15,29H,4,9,12,17H2,1H3. The van der Waals surface area contributed by atoms with Gasteiger partial charge in [0.25, 0.3) is 10.0 Å². The minimum Gasteiger partial charge on any atom is -0.356 e. The van der Waals surface area contributed by atoms with Crippen molar-refractivity contribution in [1.29, 1.82) is 5.26 Å². The zero-order chi connectivity index (χ0) is 24.1. The fourth-order valence-corrected chi connectivity index (χ4v) is 4.83. The molecule has 0 aliphatic carbocycles. The molecule has 1 N–H and O–H groups in total. The molecule has 0 unspecified atom stereocenters. The lowest BCUT2D eigenvalue weighted by Crippen LogP contribution is -2.20. The Hall–Kier alpha value is -3.74. The van der Waals surface area contributed by atoms with Gasteiger partial charge in [-0.1, -0.05) is 23.4 Å². The molecule has 0 atom stereocenters. The Morgan fingerprint density at radius 2 is 1.94 bits per heavy atom. The average Bonchev–Trinajstić information content (AvgIpc) is 3.21. The second-order valence-electron chi connectivity index (χ2n) is 8.06. The molecule has 4 aromatic rings. The van der Waals surface area contributed by atoms with Gasteiger partial charge in [0.1, 0.15) is 5.82 Å². The first kappa shape index (κ1) is 23.4. The Morgan fingerprint density at radius 1 is 1.12 bits per heavy atom. The van der Waals surface area contributed by atoms with Crippen LogP contribution in [-0.4, -0.2) is 32.1 Å². The van der Waals surface area contributed by atoms with Crippen LogP contribution >= 0.6 is 0 Å². The highest BCUT2D eigenvalue weighted by molar-refractivity contribution is 7.92. The Balaban J connectivity index is 1.34. The van der Waals surface area contributed by atoms with E-state index in [0.29, 0.717) is 24.2 Å². The van der Waals surface area contributed by atoms with Crippen LogP contribution in [0, 0.1) is 17.1 Å². The van der Waals surface area contributed by atoms with Crippen molar-refractivity contribution in [2.45, 2.75) is 24.3 Å². The van der Waals surface area contributed by atoms with E-state index in [1.807, 2.05) is 19.2 Å². The number of aromatic nitrogens is 1. The largest absolute Gasteiger partial charge is 0.356 e. The van der Waals surface area contributed by atoms with Crippen molar-refractivity contribution in [2.24, 2.45) is 0 Å². The third-order valence-corrected chi connectivity index (χ3v) is 6.75. The van der Waals surface area contributed by atoms with Gasteiger partial charge in [0.15, 0.2) is 5.58 Å². The molecule has 0 aliphatic rings. The molecule has 4 rings (SSSR count). The third kappa shape index (κ3) is 5.60. The fourth-order valence-electron chi connectivity index (χ4n) is 3.73. The number of hydrogen-bond acceptors (Lipinski definition) is 6. The quantitative estimate of drug-likeness (QED) is 0.374. The molecule has 0 saturated carbocycles. The highest BCUT2D eigenvalue weighted by atomic mass is 32.2. The molecule has 3 aromatic carbocycles. The Bertz CT molecular complexity index is 1460. The van der Waals surface area contributed by atoms with Gasteiger partial charge in [-0.05, 0) is 74.5 Å². The summed E-state index contributed by atoms with van der Waals surface area (Å²) in [4.78, 5) is 2.17. The first-order valence-corrected chi connectivity index (χ1v) is 12.2. The SMILES string of the molecule is CN(CCCc1noc2cc(F)ccc12)Cc1cccc(NS(=O)(=O)c2cccc(C#N)c2)c1. The molecule has 0 saturated heterocycles. The van der Waals surface area contributed by atoms with E-state index >= 15 is 0 Å². The minimum atomic E-state index is -3.81. The highest BCUT2D eigenvalue weighted by Crippen LogP contribution is 2.21. The van der Waals surface area contributed by atoms with Crippen LogP contribution in [0.1, 0.15) is 23.2 Å². The molecule has 1 heterocycles. The number of anilines is 1. The Morgan fingerprint density at radius 3 is 2.76 bits per heavy atom. The first-order valence-electron chi connectivity index (χ1n) is 10.7. The summed E-state index contributed by atoms with van der Waals surface area (Å²) in [6, 6.07) is 19.5. The monoisotopic (exact) mass is 478 g/mol. The van der Waals surface area contributed by atoms with Gasteiger partial charge < -0.3 is 9.42 Å². The van der Waals surface area contributed by atoms with E-state index < -0.39 is 10.0 Å². The minimum absolute atomic E-state index is 0.0391. The number of halogens is 1. The predicted molar refractivity (Wildman–Crippen MR) is 127 cm³/mol. The number of fused-ring (bicyclic) bond motifs is 1.